The molecule has 0 heterocycles. The van der Waals surface area contributed by atoms with Gasteiger partial charge in [0.25, 0.3) is 0 Å². The van der Waals surface area contributed by atoms with E-state index in [0.717, 1.165) is 29.9 Å². The van der Waals surface area contributed by atoms with Crippen molar-refractivity contribution in [2.24, 2.45) is 0 Å². The number of hydrogen-bond acceptors (Lipinski definition) is 0. The van der Waals surface area contributed by atoms with Gasteiger partial charge in [-0.1, -0.05) is 68.7 Å². The normalized spacial score (nSPS) is 11.4. The highest BCUT2D eigenvalue weighted by atomic mass is 19.4. The summed E-state index contributed by atoms with van der Waals surface area (Å²) < 4.78 is 66.5. The molecule has 0 radical (unpaired) electrons. The Bertz CT molecular complexity index is 1120. The summed E-state index contributed by atoms with van der Waals surface area (Å²) in [5.41, 5.74) is -0.0397. The predicted molar refractivity (Wildman–Crippen MR) is 114 cm³/mol. The van der Waals surface area contributed by atoms with E-state index in [1.54, 1.807) is 12.1 Å². The fraction of sp³-hybridized carbons (Fsp3) is 0.308. The summed E-state index contributed by atoms with van der Waals surface area (Å²) in [6.07, 6.45) is 2.13. The van der Waals surface area contributed by atoms with Crippen LogP contribution in [0.5, 0.6) is 0 Å². The number of rotatable bonds is 6. The van der Waals surface area contributed by atoms with Crippen molar-refractivity contribution in [1.29, 1.82) is 0 Å². The molecule has 0 aliphatic rings. The summed E-state index contributed by atoms with van der Waals surface area (Å²) in [6, 6.07) is 11.3. The van der Waals surface area contributed by atoms with Gasteiger partial charge in [-0.3, -0.25) is 0 Å². The van der Waals surface area contributed by atoms with Crippen LogP contribution in [0.15, 0.2) is 48.5 Å². The van der Waals surface area contributed by atoms with E-state index in [1.807, 2.05) is 12.1 Å². The lowest BCUT2D eigenvalue weighted by atomic mass is 10.00. The van der Waals surface area contributed by atoms with Crippen LogP contribution in [0.25, 0.3) is 10.8 Å². The van der Waals surface area contributed by atoms with Gasteiger partial charge in [-0.2, -0.15) is 13.2 Å². The lowest BCUT2D eigenvalue weighted by Gasteiger charge is -2.07. The molecule has 0 aliphatic carbocycles. The largest absolute Gasteiger partial charge is 0.419 e. The Morgan fingerprint density at radius 1 is 0.806 bits per heavy atom. The van der Waals surface area contributed by atoms with E-state index in [-0.39, 0.29) is 11.1 Å². The molecule has 0 spiro atoms. The van der Waals surface area contributed by atoms with E-state index in [1.165, 1.54) is 31.7 Å². The molecule has 0 aromatic heterocycles. The number of alkyl halides is 3. The van der Waals surface area contributed by atoms with Crippen molar-refractivity contribution in [2.45, 2.75) is 51.6 Å². The predicted octanol–water partition coefficient (Wildman–Crippen LogP) is 8.05. The molecule has 0 nitrogen and oxygen atoms in total. The van der Waals surface area contributed by atoms with E-state index < -0.39 is 23.4 Å². The third-order valence-electron chi connectivity index (χ3n) is 5.20. The number of benzene rings is 3. The summed E-state index contributed by atoms with van der Waals surface area (Å²) in [4.78, 5) is 0. The van der Waals surface area contributed by atoms with E-state index in [9.17, 15) is 22.0 Å². The summed E-state index contributed by atoms with van der Waals surface area (Å²) in [5.74, 6) is 3.25. The SMILES string of the molecule is CCCCCCCc1ccc2c(F)c(C#Cc3ccc(C(F)(F)F)c(F)c3)ccc2c1. The molecular formula is C26H23F5. The van der Waals surface area contributed by atoms with E-state index >= 15 is 0 Å². The van der Waals surface area contributed by atoms with E-state index in [2.05, 4.69) is 18.8 Å². The van der Waals surface area contributed by atoms with Crippen molar-refractivity contribution in [1.82, 2.24) is 0 Å². The van der Waals surface area contributed by atoms with Crippen LogP contribution in [0.1, 0.15) is 61.3 Å². The van der Waals surface area contributed by atoms with E-state index in [0.29, 0.717) is 17.5 Å². The van der Waals surface area contributed by atoms with E-state index in [4.69, 9.17) is 0 Å². The average molecular weight is 430 g/mol. The highest BCUT2D eigenvalue weighted by Crippen LogP contribution is 2.31. The topological polar surface area (TPSA) is 0 Å². The Labute approximate surface area is 179 Å². The molecule has 3 aromatic carbocycles. The van der Waals surface area contributed by atoms with Crippen LogP contribution in [-0.4, -0.2) is 0 Å². The summed E-state index contributed by atoms with van der Waals surface area (Å²) in [6.45, 7) is 2.18. The van der Waals surface area contributed by atoms with Gasteiger partial charge >= 0.3 is 6.18 Å². The van der Waals surface area contributed by atoms with Gasteiger partial charge in [-0.25, -0.2) is 8.78 Å². The van der Waals surface area contributed by atoms with Gasteiger partial charge in [-0.05, 0) is 48.1 Å². The molecule has 0 amide bonds. The minimum Gasteiger partial charge on any atom is -0.206 e. The van der Waals surface area contributed by atoms with Crippen molar-refractivity contribution in [3.63, 3.8) is 0 Å². The zero-order chi connectivity index (χ0) is 22.4. The van der Waals surface area contributed by atoms with Crippen LogP contribution in [0, 0.1) is 23.5 Å². The molecule has 3 rings (SSSR count). The van der Waals surface area contributed by atoms with Crippen molar-refractivity contribution in [3.05, 3.63) is 82.4 Å². The van der Waals surface area contributed by atoms with Crippen molar-refractivity contribution < 1.29 is 22.0 Å². The quantitative estimate of drug-likeness (QED) is 0.211. The van der Waals surface area contributed by atoms with Gasteiger partial charge in [0.05, 0.1) is 11.1 Å². The first-order valence-corrected chi connectivity index (χ1v) is 10.4. The molecule has 0 N–H and O–H groups in total. The third-order valence-corrected chi connectivity index (χ3v) is 5.20. The highest BCUT2D eigenvalue weighted by molar-refractivity contribution is 5.85. The standard InChI is InChI=1S/C26H23F5/c1-2-3-4-5-6-7-18-9-14-22-21(16-18)13-12-20(25(22)28)11-8-19-10-15-23(24(27)17-19)26(29,30)31/h9-10,12-17H,2-7H2,1H3. The molecule has 0 aliphatic heterocycles. The fourth-order valence-electron chi connectivity index (χ4n) is 3.49. The minimum atomic E-state index is -4.77. The van der Waals surface area contributed by atoms with Gasteiger partial charge in [0.2, 0.25) is 0 Å². The molecule has 0 fully saturated rings. The van der Waals surface area contributed by atoms with Gasteiger partial charge in [-0.15, -0.1) is 0 Å². The lowest BCUT2D eigenvalue weighted by molar-refractivity contribution is -0.140. The zero-order valence-electron chi connectivity index (χ0n) is 17.3. The summed E-state index contributed by atoms with van der Waals surface area (Å²) >= 11 is 0. The van der Waals surface area contributed by atoms with Crippen LogP contribution < -0.4 is 0 Å². The molecule has 3 aromatic rings. The highest BCUT2D eigenvalue weighted by Gasteiger charge is 2.33. The first kappa shape index (κ1) is 22.8. The van der Waals surface area contributed by atoms with Gasteiger partial charge in [0.1, 0.15) is 11.6 Å². The Kier molecular flexibility index (Phi) is 7.33. The fourth-order valence-corrected chi connectivity index (χ4v) is 3.49. The minimum absolute atomic E-state index is 0.0448. The third kappa shape index (κ3) is 5.85. The molecular weight excluding hydrogens is 407 g/mol. The average Bonchev–Trinajstić information content (AvgIpc) is 2.72. The first-order valence-electron chi connectivity index (χ1n) is 10.4. The second-order valence-corrected chi connectivity index (χ2v) is 7.59. The number of fused-ring (bicyclic) bond motifs is 1. The second kappa shape index (κ2) is 9.96. The van der Waals surface area contributed by atoms with Gasteiger partial charge in [0.15, 0.2) is 0 Å². The first-order chi connectivity index (χ1) is 14.8. The van der Waals surface area contributed by atoms with Gasteiger partial charge in [0, 0.05) is 10.9 Å². The Hall–Kier alpha value is -2.87. The molecule has 0 bridgehead atoms. The van der Waals surface area contributed by atoms with Crippen LogP contribution in [0.3, 0.4) is 0 Å². The Morgan fingerprint density at radius 2 is 1.58 bits per heavy atom. The monoisotopic (exact) mass is 430 g/mol. The Balaban J connectivity index is 1.78. The molecule has 0 unspecified atom stereocenters. The van der Waals surface area contributed by atoms with Crippen LogP contribution >= 0.6 is 0 Å². The van der Waals surface area contributed by atoms with Crippen LogP contribution in [0.2, 0.25) is 0 Å². The van der Waals surface area contributed by atoms with Gasteiger partial charge < -0.3 is 0 Å². The van der Waals surface area contributed by atoms with Crippen molar-refractivity contribution in [3.8, 4) is 11.8 Å². The zero-order valence-corrected chi connectivity index (χ0v) is 17.3. The number of aryl methyl sites for hydroxylation is 1. The van der Waals surface area contributed by atoms with Crippen molar-refractivity contribution in [2.75, 3.05) is 0 Å². The van der Waals surface area contributed by atoms with Crippen LogP contribution in [0.4, 0.5) is 22.0 Å². The molecule has 162 valence electrons. The molecule has 5 heteroatoms. The number of hydrogen-bond donors (Lipinski definition) is 0. The lowest BCUT2D eigenvalue weighted by Crippen LogP contribution is -2.07. The molecule has 0 saturated heterocycles. The van der Waals surface area contributed by atoms with Crippen LogP contribution in [-0.2, 0) is 12.6 Å². The maximum absolute atomic E-state index is 14.9. The van der Waals surface area contributed by atoms with Crippen molar-refractivity contribution >= 4 is 10.8 Å². The maximum Gasteiger partial charge on any atom is 0.419 e. The smallest absolute Gasteiger partial charge is 0.206 e. The molecule has 0 atom stereocenters. The maximum atomic E-state index is 14.9. The number of halogens is 5. The summed E-state index contributed by atoms with van der Waals surface area (Å²) in [5, 5.41) is 1.20. The Morgan fingerprint density at radius 3 is 2.29 bits per heavy atom. The molecule has 0 saturated carbocycles. The molecule has 31 heavy (non-hydrogen) atoms. The second-order valence-electron chi connectivity index (χ2n) is 7.59. The number of unbranched alkanes of at least 4 members (excludes halogenated alkanes) is 4. The summed E-state index contributed by atoms with van der Waals surface area (Å²) in [7, 11) is 0.